The largest absolute Gasteiger partial charge is 0.350 e. The molecule has 0 aliphatic carbocycles. The minimum atomic E-state index is -0.415. The van der Waals surface area contributed by atoms with Crippen molar-refractivity contribution in [3.63, 3.8) is 0 Å². The molecule has 1 amide bonds. The highest BCUT2D eigenvalue weighted by molar-refractivity contribution is 9.10. The molecular weight excluding hydrogens is 335 g/mol. The Bertz CT molecular complexity index is 653. The monoisotopic (exact) mass is 344 g/mol. The number of carbonyl (C=O) groups excluding carboxylic acids is 1. The number of thiazole rings is 1. The molecule has 0 radical (unpaired) electrons. The molecule has 4 nitrogen and oxygen atoms in total. The molecule has 0 aliphatic heterocycles. The number of halogens is 2. The first-order chi connectivity index (χ1) is 9.04. The van der Waals surface area contributed by atoms with E-state index in [2.05, 4.69) is 26.2 Å². The van der Waals surface area contributed by atoms with Gasteiger partial charge in [0.05, 0.1) is 13.0 Å². The van der Waals surface area contributed by atoms with E-state index in [9.17, 15) is 14.0 Å². The van der Waals surface area contributed by atoms with Crippen molar-refractivity contribution in [2.45, 2.75) is 13.0 Å². The molecule has 0 spiro atoms. The molecule has 0 fully saturated rings. The van der Waals surface area contributed by atoms with E-state index in [0.29, 0.717) is 11.3 Å². The second-order valence-corrected chi connectivity index (χ2v) is 5.62. The maximum atomic E-state index is 13.4. The number of amides is 1. The Balaban J connectivity index is 1.94. The quantitative estimate of drug-likeness (QED) is 0.893. The highest BCUT2D eigenvalue weighted by atomic mass is 79.9. The standard InChI is InChI=1S/C12H10BrFN2O2S/c13-8-1-2-10(14)7(3-8)4-11(17)15-5-9-6-19-12(18)16-9/h1-3,6H,4-5H2,(H,15,17)(H,16,18). The van der Waals surface area contributed by atoms with E-state index < -0.39 is 5.82 Å². The van der Waals surface area contributed by atoms with Gasteiger partial charge in [0.25, 0.3) is 0 Å². The van der Waals surface area contributed by atoms with E-state index in [1.807, 2.05) is 0 Å². The van der Waals surface area contributed by atoms with Gasteiger partial charge in [0.1, 0.15) is 5.82 Å². The molecule has 1 aromatic carbocycles. The summed E-state index contributed by atoms with van der Waals surface area (Å²) in [4.78, 5) is 25.0. The second-order valence-electron chi connectivity index (χ2n) is 3.86. The van der Waals surface area contributed by atoms with Crippen molar-refractivity contribution in [1.29, 1.82) is 0 Å². The van der Waals surface area contributed by atoms with E-state index in [1.165, 1.54) is 6.07 Å². The van der Waals surface area contributed by atoms with Gasteiger partial charge in [0.2, 0.25) is 5.91 Å². The lowest BCUT2D eigenvalue weighted by atomic mass is 10.1. The Labute approximate surface area is 120 Å². The molecule has 0 bridgehead atoms. The molecule has 1 heterocycles. The summed E-state index contributed by atoms with van der Waals surface area (Å²) < 4.78 is 14.2. The van der Waals surface area contributed by atoms with Gasteiger partial charge in [-0.25, -0.2) is 4.39 Å². The minimum absolute atomic E-state index is 0.0420. The molecule has 100 valence electrons. The summed E-state index contributed by atoms with van der Waals surface area (Å²) in [5, 5.41) is 4.26. The van der Waals surface area contributed by atoms with Gasteiger partial charge in [0.15, 0.2) is 0 Å². The second kappa shape index (κ2) is 6.12. The topological polar surface area (TPSA) is 62.0 Å². The van der Waals surface area contributed by atoms with Crippen LogP contribution in [0.25, 0.3) is 0 Å². The number of hydrogen-bond acceptors (Lipinski definition) is 3. The average molecular weight is 345 g/mol. The van der Waals surface area contributed by atoms with Crippen LogP contribution in [0.1, 0.15) is 11.3 Å². The van der Waals surface area contributed by atoms with Crippen LogP contribution >= 0.6 is 27.3 Å². The number of rotatable bonds is 4. The number of hydrogen-bond donors (Lipinski definition) is 2. The molecule has 0 saturated heterocycles. The predicted octanol–water partition coefficient (Wildman–Crippen LogP) is 2.20. The third-order valence-corrected chi connectivity index (χ3v) is 3.62. The minimum Gasteiger partial charge on any atom is -0.350 e. The van der Waals surface area contributed by atoms with Crippen LogP contribution < -0.4 is 10.2 Å². The third-order valence-electron chi connectivity index (χ3n) is 2.41. The van der Waals surface area contributed by atoms with Crippen molar-refractivity contribution in [2.24, 2.45) is 0 Å². The van der Waals surface area contributed by atoms with Gasteiger partial charge in [-0.2, -0.15) is 0 Å². The number of carbonyl (C=O) groups is 1. The fourth-order valence-electron chi connectivity index (χ4n) is 1.51. The normalized spacial score (nSPS) is 10.4. The molecule has 2 rings (SSSR count). The third kappa shape index (κ3) is 4.00. The van der Waals surface area contributed by atoms with E-state index in [-0.39, 0.29) is 23.7 Å². The summed E-state index contributed by atoms with van der Waals surface area (Å²) in [6.45, 7) is 0.229. The smallest absolute Gasteiger partial charge is 0.304 e. The summed E-state index contributed by atoms with van der Waals surface area (Å²) >= 11 is 4.26. The highest BCUT2D eigenvalue weighted by Crippen LogP contribution is 2.15. The van der Waals surface area contributed by atoms with Crippen LogP contribution in [0.3, 0.4) is 0 Å². The lowest BCUT2D eigenvalue weighted by Gasteiger charge is -2.05. The molecule has 2 aromatic rings. The van der Waals surface area contributed by atoms with Crippen molar-refractivity contribution in [2.75, 3.05) is 0 Å². The zero-order chi connectivity index (χ0) is 13.8. The van der Waals surface area contributed by atoms with Crippen LogP contribution in [-0.2, 0) is 17.8 Å². The predicted molar refractivity (Wildman–Crippen MR) is 74.6 cm³/mol. The molecule has 1 aromatic heterocycles. The van der Waals surface area contributed by atoms with Crippen molar-refractivity contribution >= 4 is 33.2 Å². The highest BCUT2D eigenvalue weighted by Gasteiger charge is 2.09. The van der Waals surface area contributed by atoms with Crippen LogP contribution in [0.4, 0.5) is 4.39 Å². The van der Waals surface area contributed by atoms with Crippen molar-refractivity contribution < 1.29 is 9.18 Å². The molecule has 0 aliphatic rings. The molecule has 2 N–H and O–H groups in total. The van der Waals surface area contributed by atoms with Crippen LogP contribution in [0.5, 0.6) is 0 Å². The van der Waals surface area contributed by atoms with Gasteiger partial charge < -0.3 is 10.3 Å². The Hall–Kier alpha value is -1.47. The fraction of sp³-hybridized carbons (Fsp3) is 0.167. The van der Waals surface area contributed by atoms with Crippen LogP contribution in [0.2, 0.25) is 0 Å². The van der Waals surface area contributed by atoms with Crippen LogP contribution in [0.15, 0.2) is 32.8 Å². The number of aromatic amines is 1. The SMILES string of the molecule is O=C(Cc1cc(Br)ccc1F)NCc1csc(=O)[nH]1. The van der Waals surface area contributed by atoms with Crippen LogP contribution in [0, 0.1) is 5.82 Å². The average Bonchev–Trinajstić information content (AvgIpc) is 2.77. The van der Waals surface area contributed by atoms with Gasteiger partial charge in [-0.3, -0.25) is 9.59 Å². The number of H-pyrrole nitrogens is 1. The van der Waals surface area contributed by atoms with Gasteiger partial charge >= 0.3 is 4.87 Å². The van der Waals surface area contributed by atoms with Gasteiger partial charge in [-0.15, -0.1) is 0 Å². The molecule has 19 heavy (non-hydrogen) atoms. The van der Waals surface area contributed by atoms with E-state index in [1.54, 1.807) is 17.5 Å². The Morgan fingerprint density at radius 2 is 2.26 bits per heavy atom. The zero-order valence-corrected chi connectivity index (χ0v) is 12.1. The Morgan fingerprint density at radius 1 is 1.47 bits per heavy atom. The molecule has 0 unspecified atom stereocenters. The summed E-state index contributed by atoms with van der Waals surface area (Å²) in [5.74, 6) is -0.716. The van der Waals surface area contributed by atoms with Crippen molar-refractivity contribution in [3.8, 4) is 0 Å². The summed E-state index contributed by atoms with van der Waals surface area (Å²) in [6, 6.07) is 4.46. The van der Waals surface area contributed by atoms with E-state index in [4.69, 9.17) is 0 Å². The van der Waals surface area contributed by atoms with E-state index in [0.717, 1.165) is 15.8 Å². The fourth-order valence-corrected chi connectivity index (χ4v) is 2.50. The van der Waals surface area contributed by atoms with Crippen molar-refractivity contribution in [1.82, 2.24) is 10.3 Å². The molecule has 0 saturated carbocycles. The number of benzene rings is 1. The van der Waals surface area contributed by atoms with Gasteiger partial charge in [-0.05, 0) is 23.8 Å². The lowest BCUT2D eigenvalue weighted by Crippen LogP contribution is -2.25. The number of aromatic nitrogens is 1. The van der Waals surface area contributed by atoms with Crippen molar-refractivity contribution in [3.05, 3.63) is 54.8 Å². The molecule has 0 atom stereocenters. The Morgan fingerprint density at radius 3 is 2.95 bits per heavy atom. The Kier molecular flexibility index (Phi) is 4.49. The maximum absolute atomic E-state index is 13.4. The maximum Gasteiger partial charge on any atom is 0.304 e. The van der Waals surface area contributed by atoms with Gasteiger partial charge in [0, 0.05) is 15.5 Å². The summed E-state index contributed by atoms with van der Waals surface area (Å²) in [5.41, 5.74) is 0.962. The van der Waals surface area contributed by atoms with Gasteiger partial charge in [-0.1, -0.05) is 27.3 Å². The lowest BCUT2D eigenvalue weighted by molar-refractivity contribution is -0.120. The first-order valence-corrected chi connectivity index (χ1v) is 7.09. The molecule has 7 heteroatoms. The van der Waals surface area contributed by atoms with Crippen LogP contribution in [-0.4, -0.2) is 10.9 Å². The van der Waals surface area contributed by atoms with E-state index >= 15 is 0 Å². The zero-order valence-electron chi connectivity index (χ0n) is 9.70. The first-order valence-electron chi connectivity index (χ1n) is 5.42. The summed E-state index contributed by atoms with van der Waals surface area (Å²) in [6.07, 6.45) is -0.0420. The first kappa shape index (κ1) is 14.0. The molecular formula is C12H10BrFN2O2S. The number of nitrogens with one attached hydrogen (secondary N) is 2. The summed E-state index contributed by atoms with van der Waals surface area (Å²) in [7, 11) is 0.